The third-order valence-electron chi connectivity index (χ3n) is 2.18. The smallest absolute Gasteiger partial charge is 0.378 e. The average molecular weight is 227 g/mol. The number of alkyl halides is 3. The lowest BCUT2D eigenvalue weighted by Crippen LogP contribution is -2.41. The second-order valence-electron chi connectivity index (χ2n) is 3.75. The number of rotatable bonds is 6. The highest BCUT2D eigenvalue weighted by molar-refractivity contribution is 4.82. The average Bonchev–Trinajstić information content (AvgIpc) is 2.05. The molecule has 0 heterocycles. The second kappa shape index (κ2) is 5.67. The Morgan fingerprint density at radius 3 is 2.40 bits per heavy atom. The van der Waals surface area contributed by atoms with Gasteiger partial charge in [0.05, 0.1) is 6.10 Å². The van der Waals surface area contributed by atoms with Crippen molar-refractivity contribution < 1.29 is 22.6 Å². The van der Waals surface area contributed by atoms with Crippen LogP contribution < -0.4 is 5.73 Å². The molecule has 0 aromatic rings. The van der Waals surface area contributed by atoms with Gasteiger partial charge in [0.1, 0.15) is 6.61 Å². The maximum atomic E-state index is 11.6. The van der Waals surface area contributed by atoms with E-state index >= 15 is 0 Å². The molecule has 2 N–H and O–H groups in total. The molecule has 0 aromatic carbocycles. The summed E-state index contributed by atoms with van der Waals surface area (Å²) in [5.41, 5.74) is 5.54. The van der Waals surface area contributed by atoms with Crippen molar-refractivity contribution in [3.05, 3.63) is 0 Å². The maximum Gasteiger partial charge on any atom is 0.411 e. The zero-order valence-corrected chi connectivity index (χ0v) is 8.43. The minimum atomic E-state index is -4.23. The zero-order valence-electron chi connectivity index (χ0n) is 8.43. The monoisotopic (exact) mass is 227 g/mol. The summed E-state index contributed by atoms with van der Waals surface area (Å²) in [5.74, 6) is 0. The normalized spacial score (nSPS) is 26.4. The van der Waals surface area contributed by atoms with Gasteiger partial charge in [0, 0.05) is 19.3 Å². The molecule has 1 rings (SSSR count). The van der Waals surface area contributed by atoms with Crippen molar-refractivity contribution in [2.24, 2.45) is 5.73 Å². The van der Waals surface area contributed by atoms with Crippen LogP contribution in [0.2, 0.25) is 0 Å². The van der Waals surface area contributed by atoms with Crippen LogP contribution in [0.25, 0.3) is 0 Å². The Balaban J connectivity index is 1.81. The predicted octanol–water partition coefficient (Wildman–Crippen LogP) is 1.46. The van der Waals surface area contributed by atoms with Crippen LogP contribution in [0.3, 0.4) is 0 Å². The van der Waals surface area contributed by atoms with Crippen molar-refractivity contribution in [1.82, 2.24) is 0 Å². The minimum absolute atomic E-state index is 0.0816. The maximum absolute atomic E-state index is 11.6. The third-order valence-corrected chi connectivity index (χ3v) is 2.18. The number of nitrogens with two attached hydrogens (primary N) is 1. The summed E-state index contributed by atoms with van der Waals surface area (Å²) >= 11 is 0. The number of hydrogen-bond donors (Lipinski definition) is 1. The van der Waals surface area contributed by atoms with Gasteiger partial charge >= 0.3 is 6.18 Å². The summed E-state index contributed by atoms with van der Waals surface area (Å²) in [4.78, 5) is 0. The van der Waals surface area contributed by atoms with Crippen molar-refractivity contribution in [3.63, 3.8) is 0 Å². The lowest BCUT2D eigenvalue weighted by molar-refractivity contribution is -0.175. The zero-order chi connectivity index (χ0) is 11.3. The summed E-state index contributed by atoms with van der Waals surface area (Å²) in [7, 11) is 0. The molecule has 0 atom stereocenters. The molecule has 0 radical (unpaired) electrons. The molecule has 0 unspecified atom stereocenters. The summed E-state index contributed by atoms with van der Waals surface area (Å²) in [6.45, 7) is -0.658. The Morgan fingerprint density at radius 2 is 1.87 bits per heavy atom. The molecular weight excluding hydrogens is 211 g/mol. The van der Waals surface area contributed by atoms with Crippen LogP contribution in [0.1, 0.15) is 19.3 Å². The van der Waals surface area contributed by atoms with Gasteiger partial charge in [-0.3, -0.25) is 0 Å². The predicted molar refractivity (Wildman–Crippen MR) is 48.4 cm³/mol. The number of ether oxygens (including phenoxy) is 2. The highest BCUT2D eigenvalue weighted by Crippen LogP contribution is 2.21. The Labute approximate surface area is 86.7 Å². The first-order chi connectivity index (χ1) is 6.97. The molecule has 0 aliphatic heterocycles. The van der Waals surface area contributed by atoms with Crippen molar-refractivity contribution in [2.45, 2.75) is 37.6 Å². The van der Waals surface area contributed by atoms with Crippen LogP contribution >= 0.6 is 0 Å². The lowest BCUT2D eigenvalue weighted by Gasteiger charge is -2.32. The molecule has 0 bridgehead atoms. The SMILES string of the molecule is NC1CC(OCCCOCC(F)(F)F)C1. The molecule has 0 saturated heterocycles. The van der Waals surface area contributed by atoms with Gasteiger partial charge < -0.3 is 15.2 Å². The highest BCUT2D eigenvalue weighted by Gasteiger charge is 2.27. The molecule has 0 amide bonds. The molecule has 1 saturated carbocycles. The Bertz CT molecular complexity index is 181. The molecule has 15 heavy (non-hydrogen) atoms. The van der Waals surface area contributed by atoms with E-state index in [9.17, 15) is 13.2 Å². The molecule has 90 valence electrons. The first-order valence-electron chi connectivity index (χ1n) is 4.99. The van der Waals surface area contributed by atoms with Gasteiger partial charge in [0.2, 0.25) is 0 Å². The van der Waals surface area contributed by atoms with Crippen molar-refractivity contribution in [3.8, 4) is 0 Å². The van der Waals surface area contributed by atoms with Crippen LogP contribution in [-0.4, -0.2) is 38.1 Å². The van der Waals surface area contributed by atoms with E-state index in [2.05, 4.69) is 4.74 Å². The number of halogens is 3. The molecule has 6 heteroatoms. The molecule has 0 spiro atoms. The minimum Gasteiger partial charge on any atom is -0.378 e. The molecular formula is C9H16F3NO2. The van der Waals surface area contributed by atoms with Crippen molar-refractivity contribution >= 4 is 0 Å². The Hall–Kier alpha value is -0.330. The Morgan fingerprint density at radius 1 is 1.20 bits per heavy atom. The first kappa shape index (κ1) is 12.7. The molecule has 1 aliphatic rings. The van der Waals surface area contributed by atoms with Gasteiger partial charge in [-0.1, -0.05) is 0 Å². The summed E-state index contributed by atoms with van der Waals surface area (Å²) < 4.78 is 44.7. The molecule has 1 aliphatic carbocycles. The summed E-state index contributed by atoms with van der Waals surface area (Å²) in [6, 6.07) is 0.233. The van der Waals surface area contributed by atoms with E-state index in [1.807, 2.05) is 0 Å². The number of hydrogen-bond acceptors (Lipinski definition) is 3. The van der Waals surface area contributed by atoms with Crippen LogP contribution in [0.4, 0.5) is 13.2 Å². The summed E-state index contributed by atoms with van der Waals surface area (Å²) in [5, 5.41) is 0. The standard InChI is InChI=1S/C9H16F3NO2/c10-9(11,12)6-14-2-1-3-15-8-4-7(13)5-8/h7-8H,1-6,13H2. The largest absolute Gasteiger partial charge is 0.411 e. The fourth-order valence-corrected chi connectivity index (χ4v) is 1.34. The fourth-order valence-electron chi connectivity index (χ4n) is 1.34. The molecule has 1 fully saturated rings. The van der Waals surface area contributed by atoms with E-state index in [0.717, 1.165) is 12.8 Å². The van der Waals surface area contributed by atoms with E-state index in [0.29, 0.717) is 13.0 Å². The molecule has 3 nitrogen and oxygen atoms in total. The van der Waals surface area contributed by atoms with E-state index in [4.69, 9.17) is 10.5 Å². The third kappa shape index (κ3) is 5.96. The van der Waals surface area contributed by atoms with Gasteiger partial charge in [-0.05, 0) is 19.3 Å². The van der Waals surface area contributed by atoms with Gasteiger partial charge in [0.25, 0.3) is 0 Å². The highest BCUT2D eigenvalue weighted by atomic mass is 19.4. The van der Waals surface area contributed by atoms with E-state index in [1.54, 1.807) is 0 Å². The van der Waals surface area contributed by atoms with E-state index in [1.165, 1.54) is 0 Å². The van der Waals surface area contributed by atoms with Crippen molar-refractivity contribution in [1.29, 1.82) is 0 Å². The van der Waals surface area contributed by atoms with Crippen LogP contribution in [-0.2, 0) is 9.47 Å². The second-order valence-corrected chi connectivity index (χ2v) is 3.75. The van der Waals surface area contributed by atoms with Gasteiger partial charge in [-0.25, -0.2) is 0 Å². The van der Waals surface area contributed by atoms with Crippen LogP contribution in [0, 0.1) is 0 Å². The van der Waals surface area contributed by atoms with Crippen LogP contribution in [0.15, 0.2) is 0 Å². The summed E-state index contributed by atoms with van der Waals surface area (Å²) in [6.07, 6.45) is -1.85. The van der Waals surface area contributed by atoms with Crippen molar-refractivity contribution in [2.75, 3.05) is 19.8 Å². The first-order valence-corrected chi connectivity index (χ1v) is 4.99. The molecule has 0 aromatic heterocycles. The van der Waals surface area contributed by atoms with Gasteiger partial charge in [0.15, 0.2) is 0 Å². The van der Waals surface area contributed by atoms with Crippen LogP contribution in [0.5, 0.6) is 0 Å². The lowest BCUT2D eigenvalue weighted by atomic mass is 9.90. The van der Waals surface area contributed by atoms with Gasteiger partial charge in [-0.15, -0.1) is 0 Å². The topological polar surface area (TPSA) is 44.5 Å². The Kier molecular flexibility index (Phi) is 4.82. The van der Waals surface area contributed by atoms with Gasteiger partial charge in [-0.2, -0.15) is 13.2 Å². The van der Waals surface area contributed by atoms with E-state index in [-0.39, 0.29) is 18.8 Å². The quantitative estimate of drug-likeness (QED) is 0.699. The fraction of sp³-hybridized carbons (Fsp3) is 1.00. The van der Waals surface area contributed by atoms with E-state index < -0.39 is 12.8 Å².